The van der Waals surface area contributed by atoms with Gasteiger partial charge in [0.25, 0.3) is 5.91 Å². The molecule has 5 rings (SSSR count). The number of ether oxygens (including phenoxy) is 2. The summed E-state index contributed by atoms with van der Waals surface area (Å²) in [6.45, 7) is 8.02. The standard InChI is InChI=1S/C28H35NO8/c1-14(2)6-5-10-28(4)17-9-11-27(3,35)24-21(17)22-19(37-28)12-15-16(23(22)36-24)13-29(25(15)32)18(26(33)34)7-8-20(30)31/h6,12,17-18,21,24,35H,5,7-11,13H2,1-4H3,(H,30,31)(H,33,34)/t17-,18-,21+,24-,27+,28-/m0/s1. The number of fused-ring (bicyclic) bond motifs is 2. The highest BCUT2D eigenvalue weighted by atomic mass is 16.5. The number of hydrogen-bond donors (Lipinski definition) is 3. The quantitative estimate of drug-likeness (QED) is 0.446. The van der Waals surface area contributed by atoms with Gasteiger partial charge in [0.2, 0.25) is 0 Å². The lowest BCUT2D eigenvalue weighted by atomic mass is 9.61. The fourth-order valence-electron chi connectivity index (χ4n) is 6.84. The van der Waals surface area contributed by atoms with Crippen LogP contribution in [0.4, 0.5) is 0 Å². The van der Waals surface area contributed by atoms with E-state index in [-0.39, 0.29) is 31.2 Å². The summed E-state index contributed by atoms with van der Waals surface area (Å²) in [6.07, 6.45) is 4.09. The zero-order chi connectivity index (χ0) is 26.9. The van der Waals surface area contributed by atoms with Gasteiger partial charge in [-0.3, -0.25) is 9.59 Å². The number of carbonyl (C=O) groups excluding carboxylic acids is 1. The molecule has 0 bridgehead atoms. The van der Waals surface area contributed by atoms with Gasteiger partial charge in [-0.05, 0) is 65.9 Å². The van der Waals surface area contributed by atoms with E-state index in [0.29, 0.717) is 29.0 Å². The van der Waals surface area contributed by atoms with E-state index >= 15 is 0 Å². The maximum Gasteiger partial charge on any atom is 0.326 e. The van der Waals surface area contributed by atoms with Gasteiger partial charge in [0.05, 0.1) is 17.7 Å². The van der Waals surface area contributed by atoms with Crippen molar-refractivity contribution in [2.45, 2.75) is 102 Å². The van der Waals surface area contributed by atoms with Crippen molar-refractivity contribution in [1.29, 1.82) is 0 Å². The fourth-order valence-corrected chi connectivity index (χ4v) is 6.84. The first-order valence-electron chi connectivity index (χ1n) is 13.0. The average molecular weight is 514 g/mol. The summed E-state index contributed by atoms with van der Waals surface area (Å²) in [5.41, 5.74) is 1.42. The van der Waals surface area contributed by atoms with Crippen LogP contribution in [0, 0.1) is 5.92 Å². The first kappa shape index (κ1) is 25.6. The van der Waals surface area contributed by atoms with Gasteiger partial charge in [-0.1, -0.05) is 11.6 Å². The smallest absolute Gasteiger partial charge is 0.326 e. The van der Waals surface area contributed by atoms with E-state index in [1.165, 1.54) is 10.5 Å². The third-order valence-corrected chi connectivity index (χ3v) is 8.73. The van der Waals surface area contributed by atoms with E-state index in [9.17, 15) is 24.6 Å². The predicted octanol–water partition coefficient (Wildman–Crippen LogP) is 3.86. The van der Waals surface area contributed by atoms with Crippen LogP contribution >= 0.6 is 0 Å². The molecule has 0 unspecified atom stereocenters. The van der Waals surface area contributed by atoms with Crippen LogP contribution in [0.15, 0.2) is 17.7 Å². The molecule has 0 saturated heterocycles. The molecule has 1 aromatic rings. The average Bonchev–Trinajstić information content (AvgIpc) is 3.34. The minimum absolute atomic E-state index is 0.0114. The molecule has 1 aliphatic carbocycles. The molecule has 0 radical (unpaired) electrons. The fraction of sp³-hybridized carbons (Fsp3) is 0.607. The van der Waals surface area contributed by atoms with Gasteiger partial charge in [-0.2, -0.15) is 0 Å². The monoisotopic (exact) mass is 513 g/mol. The second-order valence-electron chi connectivity index (χ2n) is 11.7. The van der Waals surface area contributed by atoms with Gasteiger partial charge in [0, 0.05) is 29.4 Å². The summed E-state index contributed by atoms with van der Waals surface area (Å²) >= 11 is 0. The Labute approximate surface area is 216 Å². The van der Waals surface area contributed by atoms with Crippen LogP contribution in [0.2, 0.25) is 0 Å². The second-order valence-corrected chi connectivity index (χ2v) is 11.7. The molecule has 37 heavy (non-hydrogen) atoms. The van der Waals surface area contributed by atoms with Crippen molar-refractivity contribution in [2.75, 3.05) is 0 Å². The topological polar surface area (TPSA) is 134 Å². The Bertz CT molecular complexity index is 1200. The molecule has 1 amide bonds. The predicted molar refractivity (Wildman–Crippen MR) is 133 cm³/mol. The van der Waals surface area contributed by atoms with Crippen LogP contribution < -0.4 is 9.47 Å². The minimum Gasteiger partial charge on any atom is -0.487 e. The molecule has 1 fully saturated rings. The van der Waals surface area contributed by atoms with E-state index in [0.717, 1.165) is 24.8 Å². The van der Waals surface area contributed by atoms with Crippen molar-refractivity contribution in [3.8, 4) is 11.5 Å². The summed E-state index contributed by atoms with van der Waals surface area (Å²) in [7, 11) is 0. The number of carboxylic acids is 2. The molecule has 200 valence electrons. The summed E-state index contributed by atoms with van der Waals surface area (Å²) in [5, 5.41) is 30.2. The molecule has 1 aromatic carbocycles. The molecule has 0 aromatic heterocycles. The zero-order valence-corrected chi connectivity index (χ0v) is 21.7. The largest absolute Gasteiger partial charge is 0.487 e. The summed E-state index contributed by atoms with van der Waals surface area (Å²) in [4.78, 5) is 37.8. The number of allylic oxidation sites excluding steroid dienone is 2. The number of benzene rings is 1. The van der Waals surface area contributed by atoms with Gasteiger partial charge in [0.15, 0.2) is 0 Å². The molecule has 3 heterocycles. The third-order valence-electron chi connectivity index (χ3n) is 8.73. The van der Waals surface area contributed by atoms with E-state index in [2.05, 4.69) is 26.8 Å². The van der Waals surface area contributed by atoms with Gasteiger partial charge in [0.1, 0.15) is 29.2 Å². The molecule has 6 atom stereocenters. The van der Waals surface area contributed by atoms with Crippen LogP contribution in [0.5, 0.6) is 11.5 Å². The number of aliphatic hydroxyl groups is 1. The first-order chi connectivity index (χ1) is 17.3. The van der Waals surface area contributed by atoms with Gasteiger partial charge >= 0.3 is 11.9 Å². The van der Waals surface area contributed by atoms with E-state index in [4.69, 9.17) is 14.6 Å². The van der Waals surface area contributed by atoms with Crippen molar-refractivity contribution in [3.63, 3.8) is 0 Å². The van der Waals surface area contributed by atoms with Gasteiger partial charge in [-0.15, -0.1) is 0 Å². The van der Waals surface area contributed by atoms with Gasteiger partial charge < -0.3 is 29.7 Å². The molecular formula is C28H35NO8. The Morgan fingerprint density at radius 2 is 2.00 bits per heavy atom. The summed E-state index contributed by atoms with van der Waals surface area (Å²) < 4.78 is 13.2. The van der Waals surface area contributed by atoms with E-state index in [1.807, 2.05) is 0 Å². The normalized spacial score (nSPS) is 31.6. The number of nitrogens with zero attached hydrogens (tertiary/aromatic N) is 1. The van der Waals surface area contributed by atoms with Crippen molar-refractivity contribution >= 4 is 17.8 Å². The summed E-state index contributed by atoms with van der Waals surface area (Å²) in [5.74, 6) is -1.76. The second kappa shape index (κ2) is 8.75. The molecule has 9 nitrogen and oxygen atoms in total. The Morgan fingerprint density at radius 1 is 1.27 bits per heavy atom. The maximum absolute atomic E-state index is 13.5. The van der Waals surface area contributed by atoms with Crippen molar-refractivity contribution in [2.24, 2.45) is 5.92 Å². The number of carboxylic acid groups (broad SMARTS) is 2. The van der Waals surface area contributed by atoms with E-state index < -0.39 is 41.2 Å². The van der Waals surface area contributed by atoms with Crippen LogP contribution in [0.1, 0.15) is 93.6 Å². The van der Waals surface area contributed by atoms with Crippen LogP contribution in [-0.4, -0.2) is 61.4 Å². The molecule has 3 aliphatic heterocycles. The maximum atomic E-state index is 13.5. The molecule has 0 spiro atoms. The van der Waals surface area contributed by atoms with Crippen molar-refractivity contribution < 1.29 is 39.2 Å². The number of carbonyl (C=O) groups is 3. The lowest BCUT2D eigenvalue weighted by molar-refractivity contribution is -0.143. The highest BCUT2D eigenvalue weighted by Crippen LogP contribution is 2.63. The molecule has 1 saturated carbocycles. The first-order valence-corrected chi connectivity index (χ1v) is 13.0. The minimum atomic E-state index is -1.27. The van der Waals surface area contributed by atoms with Crippen molar-refractivity contribution in [3.05, 3.63) is 34.4 Å². The Kier molecular flexibility index (Phi) is 6.05. The molecule has 4 aliphatic rings. The third kappa shape index (κ3) is 4.07. The van der Waals surface area contributed by atoms with Gasteiger partial charge in [-0.25, -0.2) is 4.79 Å². The lowest BCUT2D eigenvalue weighted by Gasteiger charge is -2.51. The van der Waals surface area contributed by atoms with E-state index in [1.54, 1.807) is 13.0 Å². The number of amides is 1. The Balaban J connectivity index is 1.57. The van der Waals surface area contributed by atoms with Crippen molar-refractivity contribution in [1.82, 2.24) is 4.90 Å². The SMILES string of the molecule is CC(C)=CCC[C@]1(C)Oc2cc3c(c4c2[C@@H]2[C@H](O4)[C@](C)(O)CC[C@@H]21)CN([C@@H](CCC(=O)O)C(=O)O)C3=O. The Hall–Kier alpha value is -3.07. The van der Waals surface area contributed by atoms with Crippen LogP contribution in [0.25, 0.3) is 0 Å². The molecular weight excluding hydrogens is 478 g/mol. The molecule has 3 N–H and O–H groups in total. The number of hydrogen-bond acceptors (Lipinski definition) is 6. The highest BCUT2D eigenvalue weighted by Gasteiger charge is 2.61. The number of rotatable bonds is 8. The summed E-state index contributed by atoms with van der Waals surface area (Å²) in [6, 6.07) is 0.437. The van der Waals surface area contributed by atoms with Crippen LogP contribution in [-0.2, 0) is 16.1 Å². The lowest BCUT2D eigenvalue weighted by Crippen LogP contribution is -2.57. The Morgan fingerprint density at radius 3 is 2.65 bits per heavy atom. The number of aliphatic carboxylic acids is 2. The van der Waals surface area contributed by atoms with Crippen LogP contribution in [0.3, 0.4) is 0 Å². The zero-order valence-electron chi connectivity index (χ0n) is 21.7. The molecule has 9 heteroatoms. The highest BCUT2D eigenvalue weighted by molar-refractivity contribution is 6.02.